The third-order valence-electron chi connectivity index (χ3n) is 17.9. The fourth-order valence-corrected chi connectivity index (χ4v) is 15.3. The van der Waals surface area contributed by atoms with Gasteiger partial charge in [-0.3, -0.25) is 0 Å². The molecule has 0 saturated carbocycles. The van der Waals surface area contributed by atoms with Crippen molar-refractivity contribution in [2.24, 2.45) is 0 Å². The van der Waals surface area contributed by atoms with E-state index in [9.17, 15) is 30.6 Å². The van der Waals surface area contributed by atoms with Crippen molar-refractivity contribution < 1.29 is 30.6 Å². The van der Waals surface area contributed by atoms with Gasteiger partial charge in [-0.2, -0.15) is 0 Å². The van der Waals surface area contributed by atoms with E-state index in [1.165, 1.54) is 49.0 Å². The van der Waals surface area contributed by atoms with Crippen molar-refractivity contribution >= 4 is 67.6 Å². The molecule has 14 rings (SSSR count). The minimum Gasteiger partial charge on any atom is -0.508 e. The average molecular weight is 1290 g/mol. The highest BCUT2D eigenvalue weighted by Crippen LogP contribution is 2.47. The molecule has 0 radical (unpaired) electrons. The van der Waals surface area contributed by atoms with Crippen LogP contribution in [0.1, 0.15) is 88.2 Å². The van der Waals surface area contributed by atoms with Gasteiger partial charge in [0.05, 0.1) is 0 Å². The summed E-state index contributed by atoms with van der Waals surface area (Å²) < 4.78 is 0. The average Bonchev–Trinajstić information content (AvgIpc) is 0.743. The van der Waals surface area contributed by atoms with Gasteiger partial charge >= 0.3 is 0 Å². The van der Waals surface area contributed by atoms with E-state index < -0.39 is 5.41 Å². The van der Waals surface area contributed by atoms with Crippen LogP contribution in [0.3, 0.4) is 0 Å². The zero-order valence-electron chi connectivity index (χ0n) is 53.1. The van der Waals surface area contributed by atoms with Crippen molar-refractivity contribution in [2.75, 3.05) is 0 Å². The van der Waals surface area contributed by atoms with E-state index in [1.807, 2.05) is 130 Å². The first-order valence-electron chi connectivity index (χ1n) is 31.3. The lowest BCUT2D eigenvalue weighted by molar-refractivity contribution is 0.456. The smallest absolute Gasteiger partial charge is 0.120 e. The summed E-state index contributed by atoms with van der Waals surface area (Å²) in [5.74, 6) is 1.88. The number of hydrogen-bond donors (Lipinski definition) is 6. The van der Waals surface area contributed by atoms with E-state index in [-0.39, 0.29) is 17.6 Å². The molecule has 0 heterocycles. The first-order valence-corrected chi connectivity index (χ1v) is 33.8. The second kappa shape index (κ2) is 28.1. The molecular weight excluding hydrogens is 1210 g/mol. The largest absolute Gasteiger partial charge is 0.508 e. The molecule has 0 amide bonds. The molecule has 0 fully saturated rings. The lowest BCUT2D eigenvalue weighted by Crippen LogP contribution is -2.25. The summed E-state index contributed by atoms with van der Waals surface area (Å²) in [6.45, 7) is 12.1. The maximum atomic E-state index is 10.9. The van der Waals surface area contributed by atoms with Crippen molar-refractivity contribution in [3.63, 3.8) is 0 Å². The molecule has 14 aromatic rings. The summed E-state index contributed by atoms with van der Waals surface area (Å²) in [5.41, 5.74) is 11.7. The van der Waals surface area contributed by atoms with Gasteiger partial charge in [-0.05, 0) is 219 Å². The summed E-state index contributed by atoms with van der Waals surface area (Å²) in [7, 11) is 0. The Morgan fingerprint density at radius 3 is 1.14 bits per heavy atom. The predicted octanol–water partition coefficient (Wildman–Crippen LogP) is 22.9. The van der Waals surface area contributed by atoms with Gasteiger partial charge in [0.15, 0.2) is 0 Å². The Hall–Kier alpha value is -10.0. The normalized spacial score (nSPS) is 12.0. The molecule has 6 N–H and O–H groups in total. The van der Waals surface area contributed by atoms with Crippen LogP contribution < -0.4 is 0 Å². The molecule has 0 bridgehead atoms. The van der Waals surface area contributed by atoms with Crippen LogP contribution in [0.5, 0.6) is 34.5 Å². The molecule has 2 atom stereocenters. The zero-order valence-corrected chi connectivity index (χ0v) is 55.6. The summed E-state index contributed by atoms with van der Waals surface area (Å²) in [6.07, 6.45) is 0. The first kappa shape index (κ1) is 64.1. The molecule has 0 spiro atoms. The second-order valence-electron chi connectivity index (χ2n) is 24.1. The molecule has 466 valence electrons. The summed E-state index contributed by atoms with van der Waals surface area (Å²) in [5, 5.41) is 69.2. The number of aromatic hydroxyl groups is 6. The topological polar surface area (TPSA) is 121 Å². The zero-order chi connectivity index (χ0) is 65.6. The Balaban J connectivity index is 0.000000136. The number of phenols is 6. The molecule has 2 unspecified atom stereocenters. The van der Waals surface area contributed by atoms with E-state index in [2.05, 4.69) is 154 Å². The first-order chi connectivity index (χ1) is 45.5. The van der Waals surface area contributed by atoms with E-state index in [0.717, 1.165) is 79.4 Å². The van der Waals surface area contributed by atoms with Gasteiger partial charge in [0.25, 0.3) is 0 Å². The fraction of sp³-hybridized carbons (Fsp3) is 0.106. The van der Waals surface area contributed by atoms with Crippen molar-refractivity contribution in [1.29, 1.82) is 0 Å². The highest BCUT2D eigenvalue weighted by atomic mass is 32.2. The minimum atomic E-state index is -0.506. The number of phenolic OH excluding ortho intramolecular Hbond substituents is 6. The molecule has 14 aromatic carbocycles. The van der Waals surface area contributed by atoms with Crippen LogP contribution in [0.4, 0.5) is 0 Å². The molecule has 0 saturated heterocycles. The van der Waals surface area contributed by atoms with Gasteiger partial charge < -0.3 is 30.6 Å². The Labute approximate surface area is 562 Å². The van der Waals surface area contributed by atoms with Crippen LogP contribution in [0.25, 0.3) is 43.4 Å². The fourth-order valence-electron chi connectivity index (χ4n) is 12.4. The number of hydrogen-bond acceptors (Lipinski definition) is 9. The van der Waals surface area contributed by atoms with Gasteiger partial charge in [0.2, 0.25) is 0 Å². The van der Waals surface area contributed by atoms with Crippen molar-refractivity contribution in [3.05, 3.63) is 335 Å². The van der Waals surface area contributed by atoms with Crippen molar-refractivity contribution in [2.45, 2.75) is 88.2 Å². The molecule has 0 aliphatic heterocycles. The Morgan fingerprint density at radius 1 is 0.298 bits per heavy atom. The predicted molar refractivity (Wildman–Crippen MR) is 391 cm³/mol. The Morgan fingerprint density at radius 2 is 0.670 bits per heavy atom. The maximum Gasteiger partial charge on any atom is 0.120 e. The van der Waals surface area contributed by atoms with Crippen LogP contribution in [0.2, 0.25) is 0 Å². The van der Waals surface area contributed by atoms with E-state index in [4.69, 9.17) is 0 Å². The minimum absolute atomic E-state index is 0.0201. The lowest BCUT2D eigenvalue weighted by atomic mass is 9.71. The van der Waals surface area contributed by atoms with Gasteiger partial charge in [0.1, 0.15) is 34.5 Å². The number of benzene rings is 14. The van der Waals surface area contributed by atoms with Crippen LogP contribution in [-0.2, 0) is 5.41 Å². The monoisotopic (exact) mass is 1280 g/mol. The van der Waals surface area contributed by atoms with E-state index in [1.54, 1.807) is 71.7 Å². The lowest BCUT2D eigenvalue weighted by Gasteiger charge is -2.32. The van der Waals surface area contributed by atoms with Gasteiger partial charge in [0, 0.05) is 63.3 Å². The molecule has 9 heteroatoms. The summed E-state index contributed by atoms with van der Waals surface area (Å²) in [4.78, 5) is 6.31. The number of rotatable bonds is 14. The molecule has 6 nitrogen and oxygen atoms in total. The quantitative estimate of drug-likeness (QED) is 0.0467. The van der Waals surface area contributed by atoms with Gasteiger partial charge in [-0.1, -0.05) is 219 Å². The van der Waals surface area contributed by atoms with E-state index in [0.29, 0.717) is 28.7 Å². The van der Waals surface area contributed by atoms with E-state index >= 15 is 0 Å². The SMILES string of the molecule is Cc1cc(Sc2ccc(O)c(C(C)(c3ccccc3)c3ccccc3)c2)ccc1O.Cc1cc(Sc2ccc(O)c(C(C)c3ccc(-c4ccccc4)cc3)c2)ccc1O.Cc1cc(Sc2ccc(O)c(C(C)c3ccc4ccc5cccc6ccc3c4c56)c2)ccc1O. The molecule has 0 aliphatic carbocycles. The number of aryl methyl sites for hydroxylation is 3. The van der Waals surface area contributed by atoms with Crippen LogP contribution in [0, 0.1) is 20.8 Å². The third kappa shape index (κ3) is 13.9. The van der Waals surface area contributed by atoms with Crippen LogP contribution in [-0.4, -0.2) is 30.6 Å². The van der Waals surface area contributed by atoms with Crippen LogP contribution in [0.15, 0.2) is 308 Å². The third-order valence-corrected chi connectivity index (χ3v) is 20.8. The summed E-state index contributed by atoms with van der Waals surface area (Å²) in [6, 6.07) is 93.3. The van der Waals surface area contributed by atoms with Crippen molar-refractivity contribution in [3.8, 4) is 45.6 Å². The van der Waals surface area contributed by atoms with Gasteiger partial charge in [-0.25, -0.2) is 0 Å². The maximum absolute atomic E-state index is 10.9. The van der Waals surface area contributed by atoms with Gasteiger partial charge in [-0.15, -0.1) is 0 Å². The standard InChI is InChI=1S/C31H24O2S.2C27H24O2S/c1-18-16-23(10-14-28(18)32)34-24-11-15-29(33)27(17-24)19(2)25-12-8-22-7-6-20-4-3-5-21-9-13-26(25)31(22)30(20)21;1-19-17-22(13-15-25(19)28)30-23-14-16-26(29)24(18-23)27(2,20-9-5-3-6-10-20)21-11-7-4-8-12-21;1-18-16-23(12-14-26(18)28)30-24-13-15-27(29)25(17-24)19(2)20-8-10-22(11-9-20)21-6-4-3-5-7-21/h3-17,19,32-33H,1-2H3;3-18,28-29H,1-2H3;3-17,19,28-29H,1-2H3. The molecule has 94 heavy (non-hydrogen) atoms. The molecular formula is C85H72O6S3. The Kier molecular flexibility index (Phi) is 19.1. The second-order valence-corrected chi connectivity index (χ2v) is 27.5. The highest BCUT2D eigenvalue weighted by Gasteiger charge is 2.34. The van der Waals surface area contributed by atoms with Crippen molar-refractivity contribution in [1.82, 2.24) is 0 Å². The summed E-state index contributed by atoms with van der Waals surface area (Å²) >= 11 is 4.87. The highest BCUT2D eigenvalue weighted by molar-refractivity contribution is 7.99. The molecule has 0 aliphatic rings. The molecule has 0 aromatic heterocycles. The Bertz CT molecular complexity index is 4920. The van der Waals surface area contributed by atoms with Crippen LogP contribution >= 0.6 is 35.3 Å².